The summed E-state index contributed by atoms with van der Waals surface area (Å²) in [5.74, 6) is 0.540. The molecule has 286 valence electrons. The molecule has 2 heterocycles. The van der Waals surface area contributed by atoms with Gasteiger partial charge in [-0.25, -0.2) is 17.8 Å². The summed E-state index contributed by atoms with van der Waals surface area (Å²) in [4.78, 5) is 32.7. The Morgan fingerprint density at radius 3 is 1.98 bits per heavy atom. The fourth-order valence-electron chi connectivity index (χ4n) is 6.58. The van der Waals surface area contributed by atoms with Crippen LogP contribution in [0.1, 0.15) is 68.7 Å². The number of ether oxygens (including phenoxy) is 2. The largest absolute Gasteiger partial charge is 0.497 e. The molecule has 1 fully saturated rings. The van der Waals surface area contributed by atoms with Crippen LogP contribution in [0, 0.1) is 12.7 Å². The number of methoxy groups -OCH3 is 2. The number of hydrogen-bond acceptors (Lipinski definition) is 8. The van der Waals surface area contributed by atoms with Gasteiger partial charge in [0.25, 0.3) is 15.9 Å². The van der Waals surface area contributed by atoms with Crippen molar-refractivity contribution in [2.24, 2.45) is 0 Å². The number of aromatic nitrogens is 1. The van der Waals surface area contributed by atoms with Crippen molar-refractivity contribution in [3.8, 4) is 11.5 Å². The van der Waals surface area contributed by atoms with Crippen LogP contribution >= 0.6 is 11.6 Å². The Balaban J connectivity index is 1.39. The molecule has 1 amide bonds. The number of halogens is 2. The zero-order valence-electron chi connectivity index (χ0n) is 31.0. The van der Waals surface area contributed by atoms with Gasteiger partial charge in [0.15, 0.2) is 10.8 Å². The molecule has 1 N–H and O–H groups in total. The lowest BCUT2D eigenvalue weighted by molar-refractivity contribution is 0.0713. The number of rotatable bonds is 13. The standard InChI is InChI=1S/C42H42ClFN4O6S/c1-27-5-10-33(28(2)49)23-38(27)46-40-37(42(50)47-21-19-32(20-22-47)31-11-13-34(44)14-12-31)24-45-41(39(40)43)55(51,52)48(25-29-6-15-35(53-3)16-7-29)26-30-8-17-36(54-4)18-9-30/h5-18,23-24,32H,19-22,25-26H2,1-4H3,(H,45,46). The fraction of sp³-hybridized carbons (Fsp3) is 0.262. The van der Waals surface area contributed by atoms with Crippen molar-refractivity contribution >= 4 is 44.7 Å². The molecule has 0 aliphatic carbocycles. The molecule has 55 heavy (non-hydrogen) atoms. The van der Waals surface area contributed by atoms with Gasteiger partial charge < -0.3 is 19.7 Å². The number of nitrogens with zero attached hydrogens (tertiary/aromatic N) is 3. The normalized spacial score (nSPS) is 13.5. The number of benzene rings is 4. The average molecular weight is 785 g/mol. The summed E-state index contributed by atoms with van der Waals surface area (Å²) in [5.41, 5.74) is 4.16. The third-order valence-electron chi connectivity index (χ3n) is 9.87. The number of carbonyl (C=O) groups excluding carboxylic acids is 2. The van der Waals surface area contributed by atoms with Crippen LogP contribution in [-0.4, -0.2) is 61.6 Å². The maximum Gasteiger partial charge on any atom is 0.262 e. The van der Waals surface area contributed by atoms with Crippen molar-refractivity contribution < 1.29 is 31.9 Å². The molecule has 5 aromatic rings. The lowest BCUT2D eigenvalue weighted by Gasteiger charge is -2.33. The summed E-state index contributed by atoms with van der Waals surface area (Å²) in [7, 11) is -1.33. The van der Waals surface area contributed by atoms with Gasteiger partial charge >= 0.3 is 0 Å². The molecule has 0 bridgehead atoms. The molecule has 0 radical (unpaired) electrons. The van der Waals surface area contributed by atoms with Gasteiger partial charge in [-0.1, -0.05) is 60.1 Å². The Bertz CT molecular complexity index is 2230. The number of anilines is 2. The summed E-state index contributed by atoms with van der Waals surface area (Å²) in [6.45, 7) is 4.04. The van der Waals surface area contributed by atoms with Crippen molar-refractivity contribution in [2.75, 3.05) is 32.6 Å². The van der Waals surface area contributed by atoms with Gasteiger partial charge in [0, 0.05) is 43.6 Å². The van der Waals surface area contributed by atoms with Crippen molar-refractivity contribution in [3.63, 3.8) is 0 Å². The molecular formula is C42H42ClFN4O6S. The highest BCUT2D eigenvalue weighted by Crippen LogP contribution is 2.38. The van der Waals surface area contributed by atoms with E-state index in [-0.39, 0.29) is 52.8 Å². The van der Waals surface area contributed by atoms with E-state index in [0.29, 0.717) is 59.8 Å². The SMILES string of the molecule is COc1ccc(CN(Cc2ccc(OC)cc2)S(=O)(=O)c2ncc(C(=O)N3CCC(c4ccc(F)cc4)CC3)c(Nc3cc(C(C)=O)ccc3C)c2Cl)cc1. The highest BCUT2D eigenvalue weighted by atomic mass is 35.5. The monoisotopic (exact) mass is 784 g/mol. The first-order valence-corrected chi connectivity index (χ1v) is 19.6. The maximum absolute atomic E-state index is 14.7. The van der Waals surface area contributed by atoms with Crippen LogP contribution in [-0.2, 0) is 23.1 Å². The van der Waals surface area contributed by atoms with Gasteiger partial charge in [0.1, 0.15) is 22.3 Å². The Morgan fingerprint density at radius 2 is 1.45 bits per heavy atom. The molecule has 10 nitrogen and oxygen atoms in total. The van der Waals surface area contributed by atoms with Crippen molar-refractivity contribution in [3.05, 3.63) is 141 Å². The van der Waals surface area contributed by atoms with E-state index in [4.69, 9.17) is 21.1 Å². The van der Waals surface area contributed by atoms with Crippen molar-refractivity contribution in [1.82, 2.24) is 14.2 Å². The minimum absolute atomic E-state index is 0.0252. The topological polar surface area (TPSA) is 118 Å². The van der Waals surface area contributed by atoms with Gasteiger partial charge in [0.05, 0.1) is 25.5 Å². The first kappa shape index (κ1) is 39.4. The lowest BCUT2D eigenvalue weighted by Crippen LogP contribution is -2.38. The molecule has 1 aliphatic heterocycles. The number of Topliss-reactive ketones (excluding diaryl/α,β-unsaturated/α-hetero) is 1. The van der Waals surface area contributed by atoms with E-state index in [9.17, 15) is 22.4 Å². The van der Waals surface area contributed by atoms with Crippen LogP contribution in [0.5, 0.6) is 11.5 Å². The number of amides is 1. The molecular weight excluding hydrogens is 743 g/mol. The third kappa shape index (κ3) is 8.99. The Kier molecular flexibility index (Phi) is 12.2. The number of piperidine rings is 1. The molecule has 6 rings (SSSR count). The first-order valence-electron chi connectivity index (χ1n) is 17.8. The molecule has 0 saturated carbocycles. The Morgan fingerprint density at radius 1 is 0.891 bits per heavy atom. The molecule has 1 aromatic heterocycles. The van der Waals surface area contributed by atoms with E-state index < -0.39 is 15.0 Å². The van der Waals surface area contributed by atoms with E-state index in [1.807, 2.05) is 6.92 Å². The average Bonchev–Trinajstić information content (AvgIpc) is 3.19. The van der Waals surface area contributed by atoms with Gasteiger partial charge in [-0.3, -0.25) is 9.59 Å². The molecule has 1 aliphatic rings. The maximum atomic E-state index is 14.7. The van der Waals surface area contributed by atoms with Crippen LogP contribution in [0.2, 0.25) is 5.02 Å². The van der Waals surface area contributed by atoms with Gasteiger partial charge in [0.2, 0.25) is 0 Å². The smallest absolute Gasteiger partial charge is 0.262 e. The van der Waals surface area contributed by atoms with Gasteiger partial charge in [-0.2, -0.15) is 4.31 Å². The molecule has 0 unspecified atom stereocenters. The second-order valence-electron chi connectivity index (χ2n) is 13.5. The summed E-state index contributed by atoms with van der Waals surface area (Å²) in [6, 6.07) is 25.6. The second kappa shape index (κ2) is 17.0. The first-order chi connectivity index (χ1) is 26.4. The predicted molar refractivity (Wildman–Crippen MR) is 210 cm³/mol. The molecule has 13 heteroatoms. The van der Waals surface area contributed by atoms with E-state index in [0.717, 1.165) is 11.1 Å². The number of ketones is 1. The molecule has 4 aromatic carbocycles. The predicted octanol–water partition coefficient (Wildman–Crippen LogP) is 8.56. The number of carbonyl (C=O) groups is 2. The van der Waals surface area contributed by atoms with Crippen LogP contribution in [0.4, 0.5) is 15.8 Å². The van der Waals surface area contributed by atoms with Crippen LogP contribution < -0.4 is 14.8 Å². The van der Waals surface area contributed by atoms with Gasteiger partial charge in [-0.05, 0) is 97.3 Å². The van der Waals surface area contributed by atoms with Crippen LogP contribution in [0.15, 0.2) is 102 Å². The van der Waals surface area contributed by atoms with Crippen molar-refractivity contribution in [1.29, 1.82) is 0 Å². The third-order valence-corrected chi connectivity index (χ3v) is 12.1. The zero-order valence-corrected chi connectivity index (χ0v) is 32.6. The number of likely N-dealkylation sites (tertiary alicyclic amines) is 1. The minimum atomic E-state index is -4.43. The second-order valence-corrected chi connectivity index (χ2v) is 15.7. The summed E-state index contributed by atoms with van der Waals surface area (Å²) >= 11 is 7.10. The molecule has 0 spiro atoms. The van der Waals surface area contributed by atoms with E-state index >= 15 is 0 Å². The number of pyridine rings is 1. The van der Waals surface area contributed by atoms with Gasteiger partial charge in [-0.15, -0.1) is 0 Å². The Labute approximate surface area is 325 Å². The summed E-state index contributed by atoms with van der Waals surface area (Å²) in [6.07, 6.45) is 2.55. The number of sulfonamides is 1. The highest BCUT2D eigenvalue weighted by Gasteiger charge is 2.34. The van der Waals surface area contributed by atoms with E-state index in [1.165, 1.54) is 29.6 Å². The number of nitrogens with one attached hydrogen (secondary N) is 1. The van der Waals surface area contributed by atoms with Crippen LogP contribution in [0.3, 0.4) is 0 Å². The number of aryl methyl sites for hydroxylation is 1. The summed E-state index contributed by atoms with van der Waals surface area (Å²) in [5, 5.41) is 2.51. The quantitative estimate of drug-likeness (QED) is 0.118. The van der Waals surface area contributed by atoms with Crippen LogP contribution in [0.25, 0.3) is 0 Å². The lowest BCUT2D eigenvalue weighted by atomic mass is 9.89. The Hall–Kier alpha value is -5.30. The molecule has 1 saturated heterocycles. The number of hydrogen-bond donors (Lipinski definition) is 1. The zero-order chi connectivity index (χ0) is 39.3. The van der Waals surface area contributed by atoms with E-state index in [1.54, 1.807) is 98.0 Å². The summed E-state index contributed by atoms with van der Waals surface area (Å²) < 4.78 is 54.9. The van der Waals surface area contributed by atoms with E-state index in [2.05, 4.69) is 10.3 Å². The molecule has 0 atom stereocenters. The van der Waals surface area contributed by atoms with Crippen molar-refractivity contribution in [2.45, 2.75) is 50.7 Å². The fourth-order valence-corrected chi connectivity index (χ4v) is 8.47. The highest BCUT2D eigenvalue weighted by molar-refractivity contribution is 7.89. The minimum Gasteiger partial charge on any atom is -0.497 e.